The topological polar surface area (TPSA) is 35.9 Å². The van der Waals surface area contributed by atoms with Gasteiger partial charge in [0.25, 0.3) is 0 Å². The monoisotopic (exact) mass is 212 g/mol. The Hall–Kier alpha value is -0.370. The Bertz CT molecular complexity index is 143. The first-order valence-electron chi connectivity index (χ1n) is 6.46. The fourth-order valence-corrected chi connectivity index (χ4v) is 1.75. The van der Waals surface area contributed by atoms with Gasteiger partial charge < -0.3 is 10.7 Å². The minimum atomic E-state index is 0.835. The molecule has 0 aliphatic heterocycles. The van der Waals surface area contributed by atoms with Crippen LogP contribution in [0.15, 0.2) is 0 Å². The number of hydrogen-bond donors (Lipinski definition) is 2. The maximum absolute atomic E-state index is 7.30. The summed E-state index contributed by atoms with van der Waals surface area (Å²) < 4.78 is 0. The highest BCUT2D eigenvalue weighted by Crippen LogP contribution is 2.09. The zero-order valence-electron chi connectivity index (χ0n) is 10.6. The molecule has 15 heavy (non-hydrogen) atoms. The summed E-state index contributed by atoms with van der Waals surface area (Å²) in [5.41, 5.74) is 0.835. The summed E-state index contributed by atoms with van der Waals surface area (Å²) >= 11 is 0. The Balaban J connectivity index is 2.89. The van der Waals surface area contributed by atoms with Gasteiger partial charge in [0.05, 0.1) is 0 Å². The molecule has 2 heteroatoms. The van der Waals surface area contributed by atoms with Crippen molar-refractivity contribution in [3.05, 3.63) is 0 Å². The second kappa shape index (κ2) is 11.7. The first kappa shape index (κ1) is 14.6. The zero-order valence-corrected chi connectivity index (χ0v) is 10.6. The average molecular weight is 212 g/mol. The minimum absolute atomic E-state index is 0.835. The van der Waals surface area contributed by atoms with Gasteiger partial charge in [0, 0.05) is 5.71 Å². The number of rotatable bonds is 11. The summed E-state index contributed by atoms with van der Waals surface area (Å²) in [7, 11) is 2.02. The second-order valence-corrected chi connectivity index (χ2v) is 4.46. The van der Waals surface area contributed by atoms with E-state index in [1.165, 1.54) is 57.9 Å². The molecule has 0 atom stereocenters. The first-order valence-corrected chi connectivity index (χ1v) is 6.46. The van der Waals surface area contributed by atoms with E-state index in [1.807, 2.05) is 14.0 Å². The summed E-state index contributed by atoms with van der Waals surface area (Å²) in [6.45, 7) is 3.07. The highest BCUT2D eigenvalue weighted by molar-refractivity contribution is 5.78. The Morgan fingerprint density at radius 3 is 1.80 bits per heavy atom. The van der Waals surface area contributed by atoms with Crippen LogP contribution in [0.25, 0.3) is 0 Å². The van der Waals surface area contributed by atoms with Gasteiger partial charge in [-0.05, 0) is 39.8 Å². The van der Waals surface area contributed by atoms with Crippen molar-refractivity contribution < 1.29 is 0 Å². The molecule has 0 rings (SSSR count). The van der Waals surface area contributed by atoms with E-state index in [0.717, 1.165) is 12.1 Å². The third-order valence-electron chi connectivity index (χ3n) is 2.73. The molecule has 0 unspecified atom stereocenters. The van der Waals surface area contributed by atoms with Crippen LogP contribution < -0.4 is 5.32 Å². The maximum atomic E-state index is 7.30. The molecule has 2 nitrogen and oxygen atoms in total. The van der Waals surface area contributed by atoms with Crippen LogP contribution in [0.3, 0.4) is 0 Å². The van der Waals surface area contributed by atoms with E-state index in [4.69, 9.17) is 5.41 Å². The fourth-order valence-electron chi connectivity index (χ4n) is 1.75. The highest BCUT2D eigenvalue weighted by Gasteiger charge is 1.93. The van der Waals surface area contributed by atoms with E-state index in [1.54, 1.807) is 0 Å². The summed E-state index contributed by atoms with van der Waals surface area (Å²) in [4.78, 5) is 0. The zero-order chi connectivity index (χ0) is 11.4. The molecule has 0 bridgehead atoms. The van der Waals surface area contributed by atoms with Crippen LogP contribution in [-0.4, -0.2) is 19.3 Å². The molecular weight excluding hydrogens is 184 g/mol. The van der Waals surface area contributed by atoms with Crippen LogP contribution in [0.4, 0.5) is 0 Å². The SMILES string of the molecule is CNCCCCCCCCCCC(C)=N. The van der Waals surface area contributed by atoms with Crippen molar-refractivity contribution in [2.75, 3.05) is 13.6 Å². The highest BCUT2D eigenvalue weighted by atomic mass is 14.8. The Morgan fingerprint density at radius 2 is 1.33 bits per heavy atom. The van der Waals surface area contributed by atoms with Crippen LogP contribution in [0.1, 0.15) is 64.7 Å². The average Bonchev–Trinajstić information content (AvgIpc) is 2.20. The van der Waals surface area contributed by atoms with Crippen molar-refractivity contribution >= 4 is 5.71 Å². The van der Waals surface area contributed by atoms with Gasteiger partial charge in [0.2, 0.25) is 0 Å². The van der Waals surface area contributed by atoms with E-state index in [-0.39, 0.29) is 0 Å². The van der Waals surface area contributed by atoms with Crippen LogP contribution in [-0.2, 0) is 0 Å². The van der Waals surface area contributed by atoms with Crippen molar-refractivity contribution in [2.45, 2.75) is 64.7 Å². The molecule has 0 aliphatic carbocycles. The predicted octanol–water partition coefficient (Wildman–Crippen LogP) is 3.76. The molecule has 0 saturated carbocycles. The Labute approximate surface area is 95.4 Å². The van der Waals surface area contributed by atoms with Crippen LogP contribution in [0.5, 0.6) is 0 Å². The fraction of sp³-hybridized carbons (Fsp3) is 0.923. The Morgan fingerprint density at radius 1 is 0.867 bits per heavy atom. The molecule has 0 spiro atoms. The summed E-state index contributed by atoms with van der Waals surface area (Å²) in [6, 6.07) is 0. The van der Waals surface area contributed by atoms with Crippen molar-refractivity contribution in [1.82, 2.24) is 5.32 Å². The lowest BCUT2D eigenvalue weighted by Gasteiger charge is -2.02. The minimum Gasteiger partial charge on any atom is -0.320 e. The molecule has 0 aromatic carbocycles. The molecule has 0 aliphatic rings. The van der Waals surface area contributed by atoms with Gasteiger partial charge in [-0.15, -0.1) is 0 Å². The number of hydrogen-bond acceptors (Lipinski definition) is 2. The number of nitrogens with one attached hydrogen (secondary N) is 2. The first-order chi connectivity index (χ1) is 7.27. The molecule has 2 N–H and O–H groups in total. The van der Waals surface area contributed by atoms with Gasteiger partial charge in [-0.1, -0.05) is 38.5 Å². The predicted molar refractivity (Wildman–Crippen MR) is 68.9 cm³/mol. The maximum Gasteiger partial charge on any atom is 0.00582 e. The lowest BCUT2D eigenvalue weighted by molar-refractivity contribution is 0.563. The summed E-state index contributed by atoms with van der Waals surface area (Å²) in [5.74, 6) is 0. The van der Waals surface area contributed by atoms with E-state index in [0.29, 0.717) is 0 Å². The van der Waals surface area contributed by atoms with Gasteiger partial charge >= 0.3 is 0 Å². The molecule has 0 radical (unpaired) electrons. The van der Waals surface area contributed by atoms with Crippen molar-refractivity contribution in [3.63, 3.8) is 0 Å². The van der Waals surface area contributed by atoms with Crippen LogP contribution >= 0.6 is 0 Å². The molecule has 0 amide bonds. The smallest absolute Gasteiger partial charge is 0.00582 e. The molecule has 0 heterocycles. The van der Waals surface area contributed by atoms with Gasteiger partial charge in [0.1, 0.15) is 0 Å². The molecule has 0 fully saturated rings. The molecule has 0 aromatic rings. The second-order valence-electron chi connectivity index (χ2n) is 4.46. The van der Waals surface area contributed by atoms with Gasteiger partial charge in [-0.3, -0.25) is 0 Å². The summed E-state index contributed by atoms with van der Waals surface area (Å²) in [6.07, 6.45) is 11.8. The Kier molecular flexibility index (Phi) is 11.4. The summed E-state index contributed by atoms with van der Waals surface area (Å²) in [5, 5.41) is 10.5. The normalized spacial score (nSPS) is 10.5. The van der Waals surface area contributed by atoms with E-state index < -0.39 is 0 Å². The third kappa shape index (κ3) is 13.6. The van der Waals surface area contributed by atoms with E-state index in [2.05, 4.69) is 5.32 Å². The van der Waals surface area contributed by atoms with Crippen LogP contribution in [0.2, 0.25) is 0 Å². The quantitative estimate of drug-likeness (QED) is 0.397. The standard InChI is InChI=1S/C13H28N2/c1-13(14)11-9-7-5-3-4-6-8-10-12-15-2/h14-15H,3-12H2,1-2H3. The molecule has 0 saturated heterocycles. The van der Waals surface area contributed by atoms with E-state index >= 15 is 0 Å². The van der Waals surface area contributed by atoms with Crippen LogP contribution in [0, 0.1) is 5.41 Å². The van der Waals surface area contributed by atoms with Crippen molar-refractivity contribution in [1.29, 1.82) is 5.41 Å². The molecular formula is C13H28N2. The van der Waals surface area contributed by atoms with Gasteiger partial charge in [-0.25, -0.2) is 0 Å². The lowest BCUT2D eigenvalue weighted by atomic mass is 10.1. The van der Waals surface area contributed by atoms with Crippen molar-refractivity contribution in [2.24, 2.45) is 0 Å². The van der Waals surface area contributed by atoms with E-state index in [9.17, 15) is 0 Å². The third-order valence-corrected chi connectivity index (χ3v) is 2.73. The molecule has 90 valence electrons. The number of unbranched alkanes of at least 4 members (excludes halogenated alkanes) is 7. The largest absolute Gasteiger partial charge is 0.320 e. The molecule has 0 aromatic heterocycles. The van der Waals surface area contributed by atoms with Crippen molar-refractivity contribution in [3.8, 4) is 0 Å². The van der Waals surface area contributed by atoms with Gasteiger partial charge in [-0.2, -0.15) is 0 Å². The lowest BCUT2D eigenvalue weighted by Crippen LogP contribution is -2.06. The van der Waals surface area contributed by atoms with Gasteiger partial charge in [0.15, 0.2) is 0 Å².